The van der Waals surface area contributed by atoms with Crippen LogP contribution in [-0.2, 0) is 26.2 Å². The number of rotatable bonds is 0. The Morgan fingerprint density at radius 2 is 1.75 bits per heavy atom. The largest absolute Gasteiger partial charge is 3.00 e. The van der Waals surface area contributed by atoms with Crippen LogP contribution in [0.1, 0.15) is 22.9 Å². The van der Waals surface area contributed by atoms with E-state index in [1.165, 1.54) is 10.8 Å². The second kappa shape index (κ2) is 8.10. The molecule has 5 heteroatoms. The van der Waals surface area contributed by atoms with E-state index in [2.05, 4.69) is 73.9 Å². The minimum absolute atomic E-state index is 0. The van der Waals surface area contributed by atoms with Crippen molar-refractivity contribution in [1.82, 2.24) is 0 Å². The van der Waals surface area contributed by atoms with E-state index in [1.807, 2.05) is 11.3 Å². The average Bonchev–Trinajstić information content (AvgIpc) is 3.14. The molecule has 1 aromatic heterocycles. The average molecular weight is 470 g/mol. The van der Waals surface area contributed by atoms with Crippen molar-refractivity contribution < 1.29 is 51.0 Å². The zero-order valence-electron chi connectivity index (χ0n) is 13.9. The van der Waals surface area contributed by atoms with Gasteiger partial charge in [0.25, 0.3) is 0 Å². The molecule has 1 radical (unpaired) electrons. The van der Waals surface area contributed by atoms with Crippen molar-refractivity contribution in [2.24, 2.45) is 0 Å². The molecule has 0 saturated heterocycles. The summed E-state index contributed by atoms with van der Waals surface area (Å²) in [6.45, 7) is 7.34. The Morgan fingerprint density at radius 1 is 1.04 bits per heavy atom. The van der Waals surface area contributed by atoms with E-state index in [0.29, 0.717) is 0 Å². The van der Waals surface area contributed by atoms with Crippen molar-refractivity contribution in [2.45, 2.75) is 25.6 Å². The molecule has 6 rings (SSSR count). The van der Waals surface area contributed by atoms with Crippen molar-refractivity contribution in [2.75, 3.05) is 0 Å². The molecule has 1 atom stereocenters. The maximum Gasteiger partial charge on any atom is 3.00 e. The summed E-state index contributed by atoms with van der Waals surface area (Å²) in [5.74, 6) is 0. The number of benzene rings is 1. The van der Waals surface area contributed by atoms with Gasteiger partial charge in [0, 0.05) is 10.4 Å². The first-order valence-corrected chi connectivity index (χ1v) is 11.5. The zero-order chi connectivity index (χ0) is 14.6. The predicted molar refractivity (Wildman–Crippen MR) is 96.7 cm³/mol. The van der Waals surface area contributed by atoms with Crippen molar-refractivity contribution in [3.8, 4) is 0 Å². The summed E-state index contributed by atoms with van der Waals surface area (Å²) in [5.41, 5.74) is 4.23. The van der Waals surface area contributed by atoms with Crippen LogP contribution in [0.15, 0.2) is 59.5 Å². The summed E-state index contributed by atoms with van der Waals surface area (Å²) in [7, 11) is -0.972. The number of hydrogen-bond donors (Lipinski definition) is 0. The molecule has 0 saturated carbocycles. The summed E-state index contributed by atoms with van der Waals surface area (Å²) < 4.78 is 0. The third kappa shape index (κ3) is 3.19. The van der Waals surface area contributed by atoms with Gasteiger partial charge in [-0.05, 0) is 29.1 Å². The maximum absolute atomic E-state index is 2.51. The monoisotopic (exact) mass is 467 g/mol. The fourth-order valence-electron chi connectivity index (χ4n) is 4.17. The molecule has 3 aromatic rings. The second-order valence-corrected chi connectivity index (χ2v) is 12.0. The van der Waals surface area contributed by atoms with Gasteiger partial charge in [-0.2, -0.15) is 17.5 Å². The Hall–Kier alpha value is -0.0500. The number of thiophene rings is 1. The van der Waals surface area contributed by atoms with Gasteiger partial charge in [-0.3, -0.25) is 0 Å². The van der Waals surface area contributed by atoms with E-state index in [-0.39, 0.29) is 51.0 Å². The Bertz CT molecular complexity index is 833. The molecule has 123 valence electrons. The molecule has 0 fully saturated rings. The van der Waals surface area contributed by atoms with E-state index >= 15 is 0 Å². The van der Waals surface area contributed by atoms with E-state index in [9.17, 15) is 0 Å². The van der Waals surface area contributed by atoms with Crippen LogP contribution >= 0.6 is 11.3 Å². The van der Waals surface area contributed by atoms with Gasteiger partial charge in [0.05, 0.1) is 8.07 Å². The summed E-state index contributed by atoms with van der Waals surface area (Å²) in [6.07, 6.45) is 0. The van der Waals surface area contributed by atoms with Crippen LogP contribution < -0.4 is 24.8 Å². The fraction of sp³-hybridized carbons (Fsp3) is 0.211. The molecule has 2 bridgehead atoms. The molecule has 1 aliphatic carbocycles. The molecule has 0 spiro atoms. The van der Waals surface area contributed by atoms with Crippen molar-refractivity contribution in [3.05, 3.63) is 69.9 Å². The maximum atomic E-state index is 2.51. The number of fused-ring (bicyclic) bond motifs is 1. The molecule has 0 nitrogen and oxygen atoms in total. The van der Waals surface area contributed by atoms with Gasteiger partial charge < -0.3 is 24.8 Å². The summed E-state index contributed by atoms with van der Waals surface area (Å²) in [5, 5.41) is 6.68. The summed E-state index contributed by atoms with van der Waals surface area (Å²) in [4.78, 5) is 1.63. The summed E-state index contributed by atoms with van der Waals surface area (Å²) in [6, 6.07) is 17.0. The summed E-state index contributed by atoms with van der Waals surface area (Å²) >= 11 is 1.94. The molecular weight excluding hydrogens is 450 g/mol. The molecule has 3 aliphatic rings. The first kappa shape index (κ1) is 22.0. The van der Waals surface area contributed by atoms with E-state index < -0.39 is 8.07 Å². The van der Waals surface area contributed by atoms with Crippen LogP contribution in [-0.4, -0.2) is 8.07 Å². The predicted octanol–water partition coefficient (Wildman–Crippen LogP) is -0.0166. The Kier molecular flexibility index (Phi) is 7.42. The molecule has 2 aromatic carbocycles. The zero-order valence-corrected chi connectivity index (χ0v) is 19.7. The van der Waals surface area contributed by atoms with Gasteiger partial charge in [-0.1, -0.05) is 24.7 Å². The van der Waals surface area contributed by atoms with Crippen molar-refractivity contribution in [3.63, 3.8) is 0 Å². The van der Waals surface area contributed by atoms with Crippen LogP contribution in [0, 0.1) is 0 Å². The number of hydrogen-bond acceptors (Lipinski definition) is 1. The van der Waals surface area contributed by atoms with Crippen LogP contribution in [0.2, 0.25) is 13.1 Å². The Balaban J connectivity index is 0.000000220. The van der Waals surface area contributed by atoms with Crippen LogP contribution in [0.25, 0.3) is 16.0 Å². The van der Waals surface area contributed by atoms with Crippen molar-refractivity contribution >= 4 is 35.4 Å². The fourth-order valence-corrected chi connectivity index (χ4v) is 10.4. The van der Waals surface area contributed by atoms with E-state index in [1.54, 1.807) is 21.2 Å². The third-order valence-corrected chi connectivity index (χ3v) is 10.2. The third-order valence-electron chi connectivity index (χ3n) is 4.97. The van der Waals surface area contributed by atoms with Crippen molar-refractivity contribution in [1.29, 1.82) is 0 Å². The van der Waals surface area contributed by atoms with Gasteiger partial charge in [-0.25, -0.2) is 0 Å². The number of allylic oxidation sites excluding steroid dienone is 1. The SMILES string of the molecule is CC1=C2c3sccc3C1[Si]2(C)C.[Cl-].[Cl-].[Zr+3].c1ccc2[cH-]ccc2c1. The first-order chi connectivity index (χ1) is 10.1. The van der Waals surface area contributed by atoms with Crippen LogP contribution in [0.4, 0.5) is 0 Å². The van der Waals surface area contributed by atoms with Gasteiger partial charge in [0.1, 0.15) is 0 Å². The molecule has 0 N–H and O–H groups in total. The quantitative estimate of drug-likeness (QED) is 0.321. The van der Waals surface area contributed by atoms with Gasteiger partial charge in [0.2, 0.25) is 0 Å². The van der Waals surface area contributed by atoms with Crippen LogP contribution in [0.5, 0.6) is 0 Å². The topological polar surface area (TPSA) is 0 Å². The van der Waals surface area contributed by atoms with Crippen LogP contribution in [0.3, 0.4) is 0 Å². The smallest absolute Gasteiger partial charge is 1.00 e. The normalized spacial score (nSPS) is 18.2. The molecule has 1 unspecified atom stereocenters. The molecule has 0 amide bonds. The molecule has 2 aliphatic heterocycles. The van der Waals surface area contributed by atoms with E-state index in [0.717, 1.165) is 5.54 Å². The van der Waals surface area contributed by atoms with Gasteiger partial charge in [0.15, 0.2) is 0 Å². The molecule has 3 heterocycles. The first-order valence-electron chi connectivity index (χ1n) is 7.50. The van der Waals surface area contributed by atoms with Gasteiger partial charge >= 0.3 is 26.2 Å². The second-order valence-electron chi connectivity index (χ2n) is 6.57. The molecular formula is C19H19Cl2SSiZr. The minimum atomic E-state index is -0.972. The minimum Gasteiger partial charge on any atom is -1.00 e. The molecule has 24 heavy (non-hydrogen) atoms. The Labute approximate surface area is 180 Å². The number of halogens is 2. The van der Waals surface area contributed by atoms with Gasteiger partial charge in [-0.15, -0.1) is 41.0 Å². The standard InChI is InChI=1S/C10H12SSi.C9H7.2ClH.Zr/c1-6-9-7-4-5-11-8(7)10(6)12(9,2)3;1-2-5-9-7-3-6-8(9)4-1;;;/h4-5,9H,1-3H3;1-7H;2*1H;/q;-1;;;+3/p-2. The van der Waals surface area contributed by atoms with E-state index in [4.69, 9.17) is 0 Å². The Morgan fingerprint density at radius 3 is 2.38 bits per heavy atom.